The van der Waals surface area contributed by atoms with Crippen LogP contribution in [0.15, 0.2) is 54.7 Å². The molecule has 2 N–H and O–H groups in total. The number of fused-ring (bicyclic) bond motifs is 1. The van der Waals surface area contributed by atoms with Crippen LogP contribution in [0.2, 0.25) is 0 Å². The topological polar surface area (TPSA) is 68.9 Å². The van der Waals surface area contributed by atoms with Gasteiger partial charge >= 0.3 is 0 Å². The Morgan fingerprint density at radius 3 is 2.52 bits per heavy atom. The average molecular weight is 273 g/mol. The number of amides is 1. The number of para-hydroxylation sites is 1. The predicted octanol–water partition coefficient (Wildman–Crippen LogP) is 2.13. The Kier molecular flexibility index (Phi) is 3.32. The van der Waals surface area contributed by atoms with Gasteiger partial charge in [-0.05, 0) is 36.1 Å². The van der Waals surface area contributed by atoms with Crippen molar-refractivity contribution in [3.8, 4) is 11.8 Å². The second-order valence-electron chi connectivity index (χ2n) is 4.40. The third-order valence-electron chi connectivity index (χ3n) is 2.97. The molecule has 0 aliphatic carbocycles. The van der Waals surface area contributed by atoms with Gasteiger partial charge in [0.25, 0.3) is 0 Å². The fourth-order valence-corrected chi connectivity index (χ4v) is 2.01. The van der Waals surface area contributed by atoms with Gasteiger partial charge in [0, 0.05) is 11.6 Å². The second kappa shape index (κ2) is 5.43. The molecule has 0 saturated carbocycles. The highest BCUT2D eigenvalue weighted by molar-refractivity contribution is 6.05. The lowest BCUT2D eigenvalue weighted by molar-refractivity contribution is 0.100. The Bertz CT molecular complexity index is 877. The number of carbonyl (C=O) groups is 1. The van der Waals surface area contributed by atoms with Crippen LogP contribution >= 0.6 is 0 Å². The van der Waals surface area contributed by atoms with Gasteiger partial charge in [-0.1, -0.05) is 24.3 Å². The highest BCUT2D eigenvalue weighted by Crippen LogP contribution is 2.17. The molecular weight excluding hydrogens is 262 g/mol. The number of nitrogens with zero attached hydrogens (tertiary/aromatic N) is 2. The zero-order chi connectivity index (χ0) is 14.7. The number of nitrogens with two attached hydrogens (primary N) is 1. The summed E-state index contributed by atoms with van der Waals surface area (Å²) in [6.45, 7) is 0. The van der Waals surface area contributed by atoms with E-state index in [9.17, 15) is 4.79 Å². The lowest BCUT2D eigenvalue weighted by Gasteiger charge is -2.03. The number of benzene rings is 1. The van der Waals surface area contributed by atoms with Gasteiger partial charge in [0.2, 0.25) is 5.91 Å². The predicted molar refractivity (Wildman–Crippen MR) is 80.5 cm³/mol. The number of primary amides is 1. The SMILES string of the molecule is NC(=O)c1cc(C#Cc2ccccn2)nc2ccccc12. The summed E-state index contributed by atoms with van der Waals surface area (Å²) in [4.78, 5) is 20.1. The molecule has 1 aromatic carbocycles. The summed E-state index contributed by atoms with van der Waals surface area (Å²) in [5.74, 6) is 5.34. The smallest absolute Gasteiger partial charge is 0.249 e. The van der Waals surface area contributed by atoms with E-state index in [1.807, 2.05) is 42.5 Å². The highest BCUT2D eigenvalue weighted by atomic mass is 16.1. The molecule has 1 amide bonds. The third-order valence-corrected chi connectivity index (χ3v) is 2.97. The van der Waals surface area contributed by atoms with Crippen molar-refractivity contribution in [2.75, 3.05) is 0 Å². The van der Waals surface area contributed by atoms with E-state index < -0.39 is 5.91 Å². The summed E-state index contributed by atoms with van der Waals surface area (Å²) in [7, 11) is 0. The van der Waals surface area contributed by atoms with Gasteiger partial charge in [-0.2, -0.15) is 0 Å². The van der Waals surface area contributed by atoms with E-state index in [-0.39, 0.29) is 0 Å². The zero-order valence-corrected chi connectivity index (χ0v) is 11.1. The van der Waals surface area contributed by atoms with Crippen LogP contribution in [0.5, 0.6) is 0 Å². The quantitative estimate of drug-likeness (QED) is 0.690. The van der Waals surface area contributed by atoms with Crippen LogP contribution in [0.25, 0.3) is 10.9 Å². The van der Waals surface area contributed by atoms with Crippen molar-refractivity contribution in [2.45, 2.75) is 0 Å². The van der Waals surface area contributed by atoms with Crippen molar-refractivity contribution >= 4 is 16.8 Å². The molecule has 0 spiro atoms. The molecule has 0 fully saturated rings. The zero-order valence-electron chi connectivity index (χ0n) is 11.1. The summed E-state index contributed by atoms with van der Waals surface area (Å²) in [5.41, 5.74) is 7.68. The molecule has 3 aromatic rings. The molecule has 2 aromatic heterocycles. The van der Waals surface area contributed by atoms with Crippen molar-refractivity contribution in [3.63, 3.8) is 0 Å². The first-order valence-corrected chi connectivity index (χ1v) is 6.37. The number of pyridine rings is 2. The number of aromatic nitrogens is 2. The summed E-state index contributed by atoms with van der Waals surface area (Å²) >= 11 is 0. The van der Waals surface area contributed by atoms with Crippen molar-refractivity contribution in [2.24, 2.45) is 5.73 Å². The van der Waals surface area contributed by atoms with Crippen LogP contribution in [-0.4, -0.2) is 15.9 Å². The monoisotopic (exact) mass is 273 g/mol. The van der Waals surface area contributed by atoms with Gasteiger partial charge in [0.1, 0.15) is 11.4 Å². The second-order valence-corrected chi connectivity index (χ2v) is 4.40. The Hall–Kier alpha value is -3.19. The molecule has 21 heavy (non-hydrogen) atoms. The minimum Gasteiger partial charge on any atom is -0.366 e. The fraction of sp³-hybridized carbons (Fsp3) is 0. The maximum atomic E-state index is 11.6. The lowest BCUT2D eigenvalue weighted by atomic mass is 10.1. The molecule has 100 valence electrons. The Morgan fingerprint density at radius 2 is 1.76 bits per heavy atom. The highest BCUT2D eigenvalue weighted by Gasteiger charge is 2.08. The fourth-order valence-electron chi connectivity index (χ4n) is 2.01. The van der Waals surface area contributed by atoms with E-state index >= 15 is 0 Å². The van der Waals surface area contributed by atoms with E-state index in [4.69, 9.17) is 5.73 Å². The van der Waals surface area contributed by atoms with Gasteiger partial charge in [-0.3, -0.25) is 4.79 Å². The molecule has 0 bridgehead atoms. The van der Waals surface area contributed by atoms with Crippen LogP contribution in [0.3, 0.4) is 0 Å². The number of carbonyl (C=O) groups excluding carboxylic acids is 1. The van der Waals surface area contributed by atoms with Crippen molar-refractivity contribution in [3.05, 3.63) is 71.7 Å². The number of rotatable bonds is 1. The molecule has 0 radical (unpaired) electrons. The molecule has 0 aliphatic heterocycles. The first kappa shape index (κ1) is 12.8. The van der Waals surface area contributed by atoms with E-state index in [1.54, 1.807) is 12.3 Å². The minimum absolute atomic E-state index is 0.422. The standard InChI is InChI=1S/C17H11N3O/c18-17(21)15-11-13(9-8-12-5-3-4-10-19-12)20-16-7-2-1-6-14(15)16/h1-7,10-11H,(H2,18,21). The molecule has 0 saturated heterocycles. The van der Waals surface area contributed by atoms with Crippen LogP contribution < -0.4 is 5.73 Å². The van der Waals surface area contributed by atoms with Crippen molar-refractivity contribution in [1.29, 1.82) is 0 Å². The largest absolute Gasteiger partial charge is 0.366 e. The van der Waals surface area contributed by atoms with E-state index in [2.05, 4.69) is 21.8 Å². The molecular formula is C17H11N3O. The molecule has 3 rings (SSSR count). The van der Waals surface area contributed by atoms with Crippen LogP contribution in [0, 0.1) is 11.8 Å². The van der Waals surface area contributed by atoms with E-state index in [0.29, 0.717) is 22.5 Å². The molecule has 0 aliphatic rings. The normalized spacial score (nSPS) is 9.90. The van der Waals surface area contributed by atoms with Gasteiger partial charge in [0.15, 0.2) is 0 Å². The Morgan fingerprint density at radius 1 is 1.00 bits per heavy atom. The van der Waals surface area contributed by atoms with Crippen LogP contribution in [-0.2, 0) is 0 Å². The molecule has 0 atom stereocenters. The summed E-state index contributed by atoms with van der Waals surface area (Å²) in [5, 5.41) is 0.730. The minimum atomic E-state index is -0.491. The summed E-state index contributed by atoms with van der Waals surface area (Å²) in [6.07, 6.45) is 1.67. The third kappa shape index (κ3) is 2.72. The van der Waals surface area contributed by atoms with Gasteiger partial charge in [-0.25, -0.2) is 9.97 Å². The van der Waals surface area contributed by atoms with Crippen LogP contribution in [0.1, 0.15) is 21.7 Å². The van der Waals surface area contributed by atoms with Gasteiger partial charge < -0.3 is 5.73 Å². The van der Waals surface area contributed by atoms with Gasteiger partial charge in [-0.15, -0.1) is 0 Å². The lowest BCUT2D eigenvalue weighted by Crippen LogP contribution is -2.12. The first-order valence-electron chi connectivity index (χ1n) is 6.37. The maximum Gasteiger partial charge on any atom is 0.249 e. The van der Waals surface area contributed by atoms with Crippen molar-refractivity contribution in [1.82, 2.24) is 9.97 Å². The Labute approximate surface area is 121 Å². The van der Waals surface area contributed by atoms with Crippen LogP contribution in [0.4, 0.5) is 0 Å². The Balaban J connectivity index is 2.12. The first-order chi connectivity index (χ1) is 10.2. The van der Waals surface area contributed by atoms with Crippen molar-refractivity contribution < 1.29 is 4.79 Å². The summed E-state index contributed by atoms with van der Waals surface area (Å²) in [6, 6.07) is 14.5. The van der Waals surface area contributed by atoms with E-state index in [1.165, 1.54) is 0 Å². The average Bonchev–Trinajstić information content (AvgIpc) is 2.53. The number of hydrogen-bond acceptors (Lipinski definition) is 3. The summed E-state index contributed by atoms with van der Waals surface area (Å²) < 4.78 is 0. The number of hydrogen-bond donors (Lipinski definition) is 1. The molecule has 0 unspecified atom stereocenters. The van der Waals surface area contributed by atoms with Gasteiger partial charge in [0.05, 0.1) is 11.1 Å². The molecule has 2 heterocycles. The molecule has 4 heteroatoms. The maximum absolute atomic E-state index is 11.6. The van der Waals surface area contributed by atoms with E-state index in [0.717, 1.165) is 5.39 Å². The molecule has 4 nitrogen and oxygen atoms in total.